The summed E-state index contributed by atoms with van der Waals surface area (Å²) in [5.74, 6) is 1.09. The molecule has 0 saturated heterocycles. The predicted molar refractivity (Wildman–Crippen MR) is 68.7 cm³/mol. The predicted octanol–water partition coefficient (Wildman–Crippen LogP) is 3.93. The first-order valence-corrected chi connectivity index (χ1v) is 5.86. The summed E-state index contributed by atoms with van der Waals surface area (Å²) in [6, 6.07) is 15.1. The zero-order valence-corrected chi connectivity index (χ0v) is 10.2. The van der Waals surface area contributed by atoms with Crippen molar-refractivity contribution in [1.82, 2.24) is 4.57 Å². The van der Waals surface area contributed by atoms with Crippen LogP contribution in [0.4, 0.5) is 0 Å². The van der Waals surface area contributed by atoms with E-state index in [-0.39, 0.29) is 0 Å². The highest BCUT2D eigenvalue weighted by molar-refractivity contribution is 5.24. The van der Waals surface area contributed by atoms with Gasteiger partial charge in [0.05, 0.1) is 0 Å². The van der Waals surface area contributed by atoms with Crippen LogP contribution in [0.5, 0.6) is 0 Å². The summed E-state index contributed by atoms with van der Waals surface area (Å²) < 4.78 is 2.21. The average Bonchev–Trinajstić information content (AvgIpc) is 2.75. The molecule has 0 aliphatic rings. The highest BCUT2D eigenvalue weighted by atomic mass is 14.9. The highest BCUT2D eigenvalue weighted by Gasteiger charge is 2.17. The van der Waals surface area contributed by atoms with E-state index in [1.165, 1.54) is 11.3 Å². The minimum atomic E-state index is 0.544. The Morgan fingerprint density at radius 1 is 0.875 bits per heavy atom. The Morgan fingerprint density at radius 2 is 1.56 bits per heavy atom. The number of aromatic nitrogens is 1. The van der Waals surface area contributed by atoms with E-state index in [0.29, 0.717) is 11.8 Å². The number of hydrogen-bond acceptors (Lipinski definition) is 0. The smallest absolute Gasteiger partial charge is 0.0206 e. The van der Waals surface area contributed by atoms with E-state index in [9.17, 15) is 0 Å². The quantitative estimate of drug-likeness (QED) is 0.728. The van der Waals surface area contributed by atoms with Gasteiger partial charge >= 0.3 is 0 Å². The molecule has 84 valence electrons. The van der Waals surface area contributed by atoms with Crippen LogP contribution in [0, 0.1) is 0 Å². The summed E-state index contributed by atoms with van der Waals surface area (Å²) in [6.07, 6.45) is 2.11. The fraction of sp³-hybridized carbons (Fsp3) is 0.333. The van der Waals surface area contributed by atoms with E-state index in [0.717, 1.165) is 0 Å². The zero-order valence-electron chi connectivity index (χ0n) is 10.2. The van der Waals surface area contributed by atoms with Gasteiger partial charge in [-0.25, -0.2) is 0 Å². The van der Waals surface area contributed by atoms with Crippen LogP contribution in [-0.2, 0) is 7.05 Å². The molecule has 0 spiro atoms. The molecule has 0 saturated carbocycles. The van der Waals surface area contributed by atoms with E-state index in [1.54, 1.807) is 0 Å². The molecule has 16 heavy (non-hydrogen) atoms. The third-order valence-electron chi connectivity index (χ3n) is 3.53. The zero-order chi connectivity index (χ0) is 11.5. The van der Waals surface area contributed by atoms with Crippen LogP contribution < -0.4 is 0 Å². The van der Waals surface area contributed by atoms with Crippen molar-refractivity contribution in [2.45, 2.75) is 25.7 Å². The topological polar surface area (TPSA) is 4.93 Å². The molecule has 1 aromatic carbocycles. The van der Waals surface area contributed by atoms with Crippen molar-refractivity contribution < 1.29 is 0 Å². The van der Waals surface area contributed by atoms with E-state index >= 15 is 0 Å². The lowest BCUT2D eigenvalue weighted by atomic mass is 9.87. The molecule has 2 aromatic rings. The van der Waals surface area contributed by atoms with Crippen LogP contribution in [0.1, 0.15) is 36.9 Å². The molecule has 1 heterocycles. The first kappa shape index (κ1) is 11.0. The Hall–Kier alpha value is -1.50. The molecule has 2 atom stereocenters. The Kier molecular flexibility index (Phi) is 3.14. The lowest BCUT2D eigenvalue weighted by Gasteiger charge is -2.21. The molecule has 0 aliphatic carbocycles. The number of nitrogens with zero attached hydrogens (tertiary/aromatic N) is 1. The van der Waals surface area contributed by atoms with Gasteiger partial charge in [-0.05, 0) is 23.6 Å². The maximum Gasteiger partial charge on any atom is 0.0206 e. The minimum absolute atomic E-state index is 0.544. The molecule has 1 aromatic heterocycles. The molecule has 0 N–H and O–H groups in total. The number of aryl methyl sites for hydroxylation is 1. The Morgan fingerprint density at radius 3 is 2.12 bits per heavy atom. The normalized spacial score (nSPS) is 14.7. The van der Waals surface area contributed by atoms with E-state index < -0.39 is 0 Å². The molecule has 2 rings (SSSR count). The van der Waals surface area contributed by atoms with E-state index in [1.807, 2.05) is 0 Å². The SMILES string of the molecule is C[C@H](c1ccccc1)[C@@H](C)c1cccn1C. The molecule has 0 amide bonds. The van der Waals surface area contributed by atoms with Gasteiger partial charge in [0.2, 0.25) is 0 Å². The highest BCUT2D eigenvalue weighted by Crippen LogP contribution is 2.31. The van der Waals surface area contributed by atoms with Gasteiger partial charge in [0.1, 0.15) is 0 Å². The summed E-state index contributed by atoms with van der Waals surface area (Å²) in [5, 5.41) is 0. The van der Waals surface area contributed by atoms with Gasteiger partial charge in [0.25, 0.3) is 0 Å². The molecule has 1 heteroatoms. The van der Waals surface area contributed by atoms with Gasteiger partial charge in [-0.2, -0.15) is 0 Å². The first-order chi connectivity index (χ1) is 7.70. The van der Waals surface area contributed by atoms with Crippen LogP contribution >= 0.6 is 0 Å². The Labute approximate surface area is 97.7 Å². The number of hydrogen-bond donors (Lipinski definition) is 0. The van der Waals surface area contributed by atoms with E-state index in [2.05, 4.69) is 74.1 Å². The van der Waals surface area contributed by atoms with Crippen molar-refractivity contribution in [2.24, 2.45) is 7.05 Å². The molecule has 0 unspecified atom stereocenters. The van der Waals surface area contributed by atoms with Crippen LogP contribution in [0.2, 0.25) is 0 Å². The summed E-state index contributed by atoms with van der Waals surface area (Å²) >= 11 is 0. The summed E-state index contributed by atoms with van der Waals surface area (Å²) in [4.78, 5) is 0. The lowest BCUT2D eigenvalue weighted by Crippen LogP contribution is -2.08. The largest absolute Gasteiger partial charge is 0.354 e. The molecule has 0 fully saturated rings. The molecular weight excluding hydrogens is 194 g/mol. The first-order valence-electron chi connectivity index (χ1n) is 5.86. The van der Waals surface area contributed by atoms with Crippen LogP contribution in [0.25, 0.3) is 0 Å². The average molecular weight is 213 g/mol. The molecule has 0 radical (unpaired) electrons. The summed E-state index contributed by atoms with van der Waals surface area (Å²) in [7, 11) is 2.11. The molecule has 0 aliphatic heterocycles. The maximum atomic E-state index is 2.30. The van der Waals surface area contributed by atoms with Crippen molar-refractivity contribution in [1.29, 1.82) is 0 Å². The van der Waals surface area contributed by atoms with Crippen LogP contribution in [-0.4, -0.2) is 4.57 Å². The second kappa shape index (κ2) is 4.56. The third-order valence-corrected chi connectivity index (χ3v) is 3.53. The Balaban J connectivity index is 2.23. The van der Waals surface area contributed by atoms with Gasteiger partial charge in [0.15, 0.2) is 0 Å². The monoisotopic (exact) mass is 213 g/mol. The van der Waals surface area contributed by atoms with Gasteiger partial charge in [-0.15, -0.1) is 0 Å². The van der Waals surface area contributed by atoms with Crippen LogP contribution in [0.15, 0.2) is 48.7 Å². The van der Waals surface area contributed by atoms with E-state index in [4.69, 9.17) is 0 Å². The molecule has 0 bridgehead atoms. The standard InChI is InChI=1S/C15H19N/c1-12(14-8-5-4-6-9-14)13(2)15-10-7-11-16(15)3/h4-13H,1-3H3/t12-,13+/m0/s1. The molecule has 1 nitrogen and oxygen atoms in total. The van der Waals surface area contributed by atoms with Gasteiger partial charge in [0, 0.05) is 24.9 Å². The van der Waals surface area contributed by atoms with Crippen molar-refractivity contribution in [3.63, 3.8) is 0 Å². The lowest BCUT2D eigenvalue weighted by molar-refractivity contribution is 0.585. The number of benzene rings is 1. The maximum absolute atomic E-state index is 2.30. The van der Waals surface area contributed by atoms with Crippen molar-refractivity contribution in [2.75, 3.05) is 0 Å². The van der Waals surface area contributed by atoms with Crippen molar-refractivity contribution in [3.8, 4) is 0 Å². The van der Waals surface area contributed by atoms with Crippen LogP contribution in [0.3, 0.4) is 0 Å². The molecular formula is C15H19N. The van der Waals surface area contributed by atoms with Crippen molar-refractivity contribution >= 4 is 0 Å². The third kappa shape index (κ3) is 2.04. The van der Waals surface area contributed by atoms with Gasteiger partial charge in [-0.1, -0.05) is 44.2 Å². The summed E-state index contributed by atoms with van der Waals surface area (Å²) in [5.41, 5.74) is 2.81. The van der Waals surface area contributed by atoms with Gasteiger partial charge < -0.3 is 4.57 Å². The summed E-state index contributed by atoms with van der Waals surface area (Å²) in [6.45, 7) is 4.60. The number of rotatable bonds is 3. The fourth-order valence-corrected chi connectivity index (χ4v) is 2.25. The Bertz CT molecular complexity index is 441. The second-order valence-corrected chi connectivity index (χ2v) is 4.53. The van der Waals surface area contributed by atoms with Gasteiger partial charge in [-0.3, -0.25) is 0 Å². The van der Waals surface area contributed by atoms with Crippen molar-refractivity contribution in [3.05, 3.63) is 59.9 Å². The fourth-order valence-electron chi connectivity index (χ4n) is 2.25. The second-order valence-electron chi connectivity index (χ2n) is 4.53. The minimum Gasteiger partial charge on any atom is -0.354 e.